The summed E-state index contributed by atoms with van der Waals surface area (Å²) in [5, 5.41) is 4.37. The quantitative estimate of drug-likeness (QED) is 0.747. The second-order valence-corrected chi connectivity index (χ2v) is 6.79. The van der Waals surface area contributed by atoms with E-state index < -0.39 is 0 Å². The standard InChI is InChI=1S/C18H28ClN/c1-13-11-16(17(19)12-14(13)2)18(20-3)10-9-15-7-5-4-6-8-15/h11-12,15,18,20H,4-10H2,1-3H3. The fourth-order valence-corrected chi connectivity index (χ4v) is 3.75. The molecule has 1 atom stereocenters. The molecule has 1 aromatic rings. The first-order chi connectivity index (χ1) is 9.61. The molecule has 0 aliphatic heterocycles. The highest BCUT2D eigenvalue weighted by Gasteiger charge is 2.18. The van der Waals surface area contributed by atoms with E-state index in [-0.39, 0.29) is 0 Å². The number of benzene rings is 1. The van der Waals surface area contributed by atoms with Crippen LogP contribution in [0.4, 0.5) is 0 Å². The second-order valence-electron chi connectivity index (χ2n) is 6.38. The minimum Gasteiger partial charge on any atom is -0.313 e. The average Bonchev–Trinajstić information content (AvgIpc) is 2.46. The number of nitrogens with one attached hydrogen (secondary N) is 1. The van der Waals surface area contributed by atoms with Crippen molar-refractivity contribution < 1.29 is 0 Å². The van der Waals surface area contributed by atoms with Crippen molar-refractivity contribution in [1.29, 1.82) is 0 Å². The molecular weight excluding hydrogens is 266 g/mol. The molecular formula is C18H28ClN. The van der Waals surface area contributed by atoms with Gasteiger partial charge in [0.25, 0.3) is 0 Å². The van der Waals surface area contributed by atoms with Crippen LogP contribution in [0.1, 0.15) is 67.7 Å². The third-order valence-corrected chi connectivity index (χ3v) is 5.25. The highest BCUT2D eigenvalue weighted by Crippen LogP contribution is 2.33. The lowest BCUT2D eigenvalue weighted by Gasteiger charge is -2.25. The first-order valence-electron chi connectivity index (χ1n) is 8.05. The topological polar surface area (TPSA) is 12.0 Å². The zero-order valence-corrected chi connectivity index (χ0v) is 13.9. The van der Waals surface area contributed by atoms with E-state index in [4.69, 9.17) is 11.6 Å². The number of halogens is 1. The van der Waals surface area contributed by atoms with Crippen molar-refractivity contribution in [2.45, 2.75) is 64.8 Å². The third kappa shape index (κ3) is 3.99. The first kappa shape index (κ1) is 15.9. The van der Waals surface area contributed by atoms with Crippen LogP contribution in [0.5, 0.6) is 0 Å². The summed E-state index contributed by atoms with van der Waals surface area (Å²) in [5.74, 6) is 0.935. The number of rotatable bonds is 5. The van der Waals surface area contributed by atoms with Crippen LogP contribution < -0.4 is 5.32 Å². The van der Waals surface area contributed by atoms with Crippen LogP contribution in [0.15, 0.2) is 12.1 Å². The molecule has 2 rings (SSSR count). The Bertz CT molecular complexity index is 435. The van der Waals surface area contributed by atoms with Gasteiger partial charge in [0.05, 0.1) is 0 Å². The van der Waals surface area contributed by atoms with Crippen molar-refractivity contribution in [1.82, 2.24) is 5.32 Å². The summed E-state index contributed by atoms with van der Waals surface area (Å²) in [6.45, 7) is 4.30. The fourth-order valence-electron chi connectivity index (χ4n) is 3.40. The molecule has 1 aromatic carbocycles. The summed E-state index contributed by atoms with van der Waals surface area (Å²) in [5.41, 5.74) is 3.89. The van der Waals surface area contributed by atoms with Gasteiger partial charge in [0.1, 0.15) is 0 Å². The Kier molecular flexibility index (Phi) is 5.92. The van der Waals surface area contributed by atoms with E-state index in [1.54, 1.807) is 0 Å². The molecule has 20 heavy (non-hydrogen) atoms. The minimum absolute atomic E-state index is 0.392. The Balaban J connectivity index is 2.02. The Morgan fingerprint density at radius 1 is 1.15 bits per heavy atom. The number of aryl methyl sites for hydroxylation is 2. The Morgan fingerprint density at radius 3 is 2.45 bits per heavy atom. The molecule has 0 bridgehead atoms. The van der Waals surface area contributed by atoms with Gasteiger partial charge in [0, 0.05) is 11.1 Å². The molecule has 1 N–H and O–H groups in total. The molecule has 1 unspecified atom stereocenters. The van der Waals surface area contributed by atoms with E-state index >= 15 is 0 Å². The van der Waals surface area contributed by atoms with Crippen LogP contribution in [0.25, 0.3) is 0 Å². The van der Waals surface area contributed by atoms with Gasteiger partial charge in [-0.2, -0.15) is 0 Å². The molecule has 1 aliphatic carbocycles. The lowest BCUT2D eigenvalue weighted by molar-refractivity contribution is 0.317. The van der Waals surface area contributed by atoms with Gasteiger partial charge in [-0.05, 0) is 62.4 Å². The molecule has 0 heterocycles. The zero-order valence-electron chi connectivity index (χ0n) is 13.1. The van der Waals surface area contributed by atoms with Gasteiger partial charge in [0.2, 0.25) is 0 Å². The maximum atomic E-state index is 6.46. The summed E-state index contributed by atoms with van der Waals surface area (Å²) in [4.78, 5) is 0. The number of hydrogen-bond acceptors (Lipinski definition) is 1. The fraction of sp³-hybridized carbons (Fsp3) is 0.667. The largest absolute Gasteiger partial charge is 0.313 e. The van der Waals surface area contributed by atoms with Gasteiger partial charge in [0.15, 0.2) is 0 Å². The van der Waals surface area contributed by atoms with Crippen LogP contribution in [0.2, 0.25) is 5.02 Å². The molecule has 0 spiro atoms. The second kappa shape index (κ2) is 7.47. The maximum Gasteiger partial charge on any atom is 0.0456 e. The van der Waals surface area contributed by atoms with Crippen LogP contribution in [0.3, 0.4) is 0 Å². The van der Waals surface area contributed by atoms with Crippen molar-refractivity contribution >= 4 is 11.6 Å². The first-order valence-corrected chi connectivity index (χ1v) is 8.43. The molecule has 112 valence electrons. The van der Waals surface area contributed by atoms with Crippen molar-refractivity contribution in [3.63, 3.8) is 0 Å². The van der Waals surface area contributed by atoms with E-state index in [1.807, 2.05) is 0 Å². The van der Waals surface area contributed by atoms with Crippen molar-refractivity contribution in [2.75, 3.05) is 7.05 Å². The summed E-state index contributed by atoms with van der Waals surface area (Å²) < 4.78 is 0. The maximum absolute atomic E-state index is 6.46. The van der Waals surface area contributed by atoms with E-state index in [0.29, 0.717) is 6.04 Å². The van der Waals surface area contributed by atoms with Crippen LogP contribution in [0, 0.1) is 19.8 Å². The molecule has 1 aliphatic rings. The Hall–Kier alpha value is -0.530. The lowest BCUT2D eigenvalue weighted by atomic mass is 9.84. The highest BCUT2D eigenvalue weighted by atomic mass is 35.5. The molecule has 0 saturated heterocycles. The third-order valence-electron chi connectivity index (χ3n) is 4.93. The van der Waals surface area contributed by atoms with E-state index in [2.05, 4.69) is 38.3 Å². The van der Waals surface area contributed by atoms with Crippen LogP contribution in [-0.2, 0) is 0 Å². The van der Waals surface area contributed by atoms with Gasteiger partial charge < -0.3 is 5.32 Å². The molecule has 0 amide bonds. The monoisotopic (exact) mass is 293 g/mol. The van der Waals surface area contributed by atoms with Gasteiger partial charge in [-0.15, -0.1) is 0 Å². The summed E-state index contributed by atoms with van der Waals surface area (Å²) >= 11 is 6.46. The molecule has 0 radical (unpaired) electrons. The highest BCUT2D eigenvalue weighted by molar-refractivity contribution is 6.31. The van der Waals surface area contributed by atoms with E-state index in [9.17, 15) is 0 Å². The predicted octanol–water partition coefficient (Wildman–Crippen LogP) is 5.58. The predicted molar refractivity (Wildman–Crippen MR) is 88.5 cm³/mol. The number of hydrogen-bond donors (Lipinski definition) is 1. The van der Waals surface area contributed by atoms with Gasteiger partial charge in [-0.3, -0.25) is 0 Å². The molecule has 2 heteroatoms. The summed E-state index contributed by atoms with van der Waals surface area (Å²) in [6, 6.07) is 4.76. The Morgan fingerprint density at radius 2 is 1.80 bits per heavy atom. The zero-order chi connectivity index (χ0) is 14.5. The van der Waals surface area contributed by atoms with E-state index in [0.717, 1.165) is 10.9 Å². The van der Waals surface area contributed by atoms with Crippen LogP contribution >= 0.6 is 11.6 Å². The summed E-state index contributed by atoms with van der Waals surface area (Å²) in [7, 11) is 2.05. The van der Waals surface area contributed by atoms with E-state index in [1.165, 1.54) is 61.6 Å². The molecule has 0 aromatic heterocycles. The molecule has 1 nitrogen and oxygen atoms in total. The SMILES string of the molecule is CNC(CCC1CCCCC1)c1cc(C)c(C)cc1Cl. The van der Waals surface area contributed by atoms with Crippen molar-refractivity contribution in [3.05, 3.63) is 33.8 Å². The lowest BCUT2D eigenvalue weighted by Crippen LogP contribution is -2.19. The minimum atomic E-state index is 0.392. The van der Waals surface area contributed by atoms with Crippen molar-refractivity contribution in [2.24, 2.45) is 5.92 Å². The van der Waals surface area contributed by atoms with Crippen molar-refractivity contribution in [3.8, 4) is 0 Å². The van der Waals surface area contributed by atoms with Gasteiger partial charge >= 0.3 is 0 Å². The normalized spacial score (nSPS) is 18.2. The van der Waals surface area contributed by atoms with Crippen LogP contribution in [-0.4, -0.2) is 7.05 Å². The van der Waals surface area contributed by atoms with Gasteiger partial charge in [-0.1, -0.05) is 49.8 Å². The molecule has 1 saturated carbocycles. The molecule has 1 fully saturated rings. The van der Waals surface area contributed by atoms with Gasteiger partial charge in [-0.25, -0.2) is 0 Å². The Labute approximate surface area is 129 Å². The average molecular weight is 294 g/mol. The summed E-state index contributed by atoms with van der Waals surface area (Å²) in [6.07, 6.45) is 9.68. The smallest absolute Gasteiger partial charge is 0.0456 e.